The van der Waals surface area contributed by atoms with E-state index in [1.165, 1.54) is 20.1 Å². The molecule has 1 aromatic rings. The molecule has 0 aromatic heterocycles. The number of methoxy groups -OCH3 is 1. The first-order valence-corrected chi connectivity index (χ1v) is 7.05. The van der Waals surface area contributed by atoms with Crippen LogP contribution in [0.2, 0.25) is 5.02 Å². The van der Waals surface area contributed by atoms with Gasteiger partial charge in [-0.1, -0.05) is 11.6 Å². The number of ether oxygens (including phenoxy) is 1. The lowest BCUT2D eigenvalue weighted by molar-refractivity contribution is 0.403. The third-order valence-corrected chi connectivity index (χ3v) is 3.26. The Morgan fingerprint density at radius 1 is 1.50 bits per heavy atom. The zero-order chi connectivity index (χ0) is 12.5. The number of benzene rings is 1. The lowest BCUT2D eigenvalue weighted by atomic mass is 10.1. The van der Waals surface area contributed by atoms with Crippen molar-refractivity contribution in [1.82, 2.24) is 0 Å². The van der Waals surface area contributed by atoms with Crippen LogP contribution in [0.4, 0.5) is 4.39 Å². The minimum Gasteiger partial charge on any atom is -0.496 e. The second-order valence-electron chi connectivity index (χ2n) is 3.17. The summed E-state index contributed by atoms with van der Waals surface area (Å²) in [5, 5.41) is -0.159. The molecule has 0 unspecified atom stereocenters. The molecule has 0 fully saturated rings. The Morgan fingerprint density at radius 3 is 2.50 bits per heavy atom. The maximum Gasteiger partial charge on any atom is 0.236 e. The quantitative estimate of drug-likeness (QED) is 0.803. The van der Waals surface area contributed by atoms with E-state index in [0.717, 1.165) is 0 Å². The Labute approximate surface area is 103 Å². The van der Waals surface area contributed by atoms with Crippen LogP contribution in [0.25, 0.3) is 0 Å². The summed E-state index contributed by atoms with van der Waals surface area (Å²) in [6, 6.07) is 1.20. The lowest BCUT2D eigenvalue weighted by Crippen LogP contribution is -2.02. The van der Waals surface area contributed by atoms with Gasteiger partial charge in [-0.2, -0.15) is 0 Å². The van der Waals surface area contributed by atoms with E-state index in [9.17, 15) is 12.8 Å². The third-order valence-electron chi connectivity index (χ3n) is 2.00. The predicted octanol–water partition coefficient (Wildman–Crippen LogP) is 2.86. The van der Waals surface area contributed by atoms with Crippen LogP contribution in [0.5, 0.6) is 5.75 Å². The van der Waals surface area contributed by atoms with Crippen molar-refractivity contribution in [2.24, 2.45) is 0 Å². The topological polar surface area (TPSA) is 43.4 Å². The van der Waals surface area contributed by atoms with Crippen LogP contribution in [0, 0.1) is 12.7 Å². The highest BCUT2D eigenvalue weighted by Gasteiger charge is 2.18. The Balaban J connectivity index is 3.39. The molecule has 0 aliphatic carbocycles. The highest BCUT2D eigenvalue weighted by molar-refractivity contribution is 8.13. The molecule has 3 nitrogen and oxygen atoms in total. The monoisotopic (exact) mass is 286 g/mol. The average molecular weight is 287 g/mol. The van der Waals surface area contributed by atoms with Gasteiger partial charge in [-0.15, -0.1) is 0 Å². The van der Waals surface area contributed by atoms with E-state index in [4.69, 9.17) is 27.0 Å². The largest absolute Gasteiger partial charge is 0.496 e. The molecule has 0 spiro atoms. The van der Waals surface area contributed by atoms with Crippen molar-refractivity contribution in [2.75, 3.05) is 7.11 Å². The van der Waals surface area contributed by atoms with Crippen LogP contribution < -0.4 is 4.74 Å². The summed E-state index contributed by atoms with van der Waals surface area (Å²) in [5.74, 6) is -0.946. The molecule has 0 saturated carbocycles. The van der Waals surface area contributed by atoms with Crippen molar-refractivity contribution in [1.29, 1.82) is 0 Å². The molecule has 0 radical (unpaired) electrons. The summed E-state index contributed by atoms with van der Waals surface area (Å²) in [6.45, 7) is 1.45. The van der Waals surface area contributed by atoms with Gasteiger partial charge in [-0.05, 0) is 13.0 Å². The molecule has 1 rings (SSSR count). The standard InChI is InChI=1S/C9H9Cl2FO3S/c1-5-8(12)7(10)3-6(9(5)15-2)4-16(11,13)14/h3H,4H2,1-2H3. The molecule has 0 bridgehead atoms. The van der Waals surface area contributed by atoms with E-state index in [-0.39, 0.29) is 21.9 Å². The SMILES string of the molecule is COc1c(CS(=O)(=O)Cl)cc(Cl)c(F)c1C. The lowest BCUT2D eigenvalue weighted by Gasteiger charge is -2.12. The molecular weight excluding hydrogens is 278 g/mol. The van der Waals surface area contributed by atoms with Gasteiger partial charge in [-0.25, -0.2) is 12.8 Å². The molecule has 0 N–H and O–H groups in total. The number of hydrogen-bond donors (Lipinski definition) is 0. The molecule has 0 atom stereocenters. The second kappa shape index (κ2) is 4.77. The fourth-order valence-electron chi connectivity index (χ4n) is 1.38. The first-order valence-electron chi connectivity index (χ1n) is 4.20. The summed E-state index contributed by atoms with van der Waals surface area (Å²) in [7, 11) is 2.70. The summed E-state index contributed by atoms with van der Waals surface area (Å²) < 4.78 is 40.2. The number of hydrogen-bond acceptors (Lipinski definition) is 3. The Kier molecular flexibility index (Phi) is 4.04. The van der Waals surface area contributed by atoms with E-state index in [1.54, 1.807) is 0 Å². The minimum absolute atomic E-state index is 0.145. The molecule has 0 aliphatic rings. The molecule has 0 aliphatic heterocycles. The molecule has 7 heteroatoms. The summed E-state index contributed by atoms with van der Waals surface area (Å²) in [6.07, 6.45) is 0. The fourth-order valence-corrected chi connectivity index (χ4v) is 2.59. The predicted molar refractivity (Wildman–Crippen MR) is 61.2 cm³/mol. The third kappa shape index (κ3) is 2.99. The van der Waals surface area contributed by atoms with Crippen LogP contribution in [-0.4, -0.2) is 15.5 Å². The highest BCUT2D eigenvalue weighted by atomic mass is 35.7. The first-order chi connectivity index (χ1) is 7.26. The van der Waals surface area contributed by atoms with Gasteiger partial charge >= 0.3 is 0 Å². The van der Waals surface area contributed by atoms with Crippen molar-refractivity contribution in [3.8, 4) is 5.75 Å². The smallest absolute Gasteiger partial charge is 0.236 e. The van der Waals surface area contributed by atoms with Crippen molar-refractivity contribution >= 4 is 31.3 Å². The van der Waals surface area contributed by atoms with Gasteiger partial charge in [0.25, 0.3) is 0 Å². The zero-order valence-electron chi connectivity index (χ0n) is 8.55. The van der Waals surface area contributed by atoms with Crippen molar-refractivity contribution < 1.29 is 17.5 Å². The Morgan fingerprint density at radius 2 is 2.06 bits per heavy atom. The number of rotatable bonds is 3. The van der Waals surface area contributed by atoms with Crippen molar-refractivity contribution in [2.45, 2.75) is 12.7 Å². The Bertz CT molecular complexity index is 514. The molecular formula is C9H9Cl2FO3S. The summed E-state index contributed by atoms with van der Waals surface area (Å²) in [5.41, 5.74) is 0.395. The molecule has 90 valence electrons. The minimum atomic E-state index is -3.75. The van der Waals surface area contributed by atoms with E-state index in [0.29, 0.717) is 0 Å². The van der Waals surface area contributed by atoms with Gasteiger partial charge in [0.15, 0.2) is 0 Å². The van der Waals surface area contributed by atoms with Gasteiger partial charge < -0.3 is 4.74 Å². The average Bonchev–Trinajstić information content (AvgIpc) is 2.12. The van der Waals surface area contributed by atoms with E-state index in [1.807, 2.05) is 0 Å². The maximum absolute atomic E-state index is 13.4. The van der Waals surface area contributed by atoms with Crippen molar-refractivity contribution in [3.63, 3.8) is 0 Å². The second-order valence-corrected chi connectivity index (χ2v) is 6.36. The molecule has 16 heavy (non-hydrogen) atoms. The number of halogens is 3. The van der Waals surface area contributed by atoms with E-state index < -0.39 is 20.6 Å². The van der Waals surface area contributed by atoms with Crippen LogP contribution in [0.1, 0.15) is 11.1 Å². The fraction of sp³-hybridized carbons (Fsp3) is 0.333. The van der Waals surface area contributed by atoms with Crippen LogP contribution in [0.3, 0.4) is 0 Å². The van der Waals surface area contributed by atoms with Crippen LogP contribution in [-0.2, 0) is 14.8 Å². The molecule has 1 aromatic carbocycles. The van der Waals surface area contributed by atoms with E-state index >= 15 is 0 Å². The highest BCUT2D eigenvalue weighted by Crippen LogP contribution is 2.32. The van der Waals surface area contributed by atoms with Crippen molar-refractivity contribution in [3.05, 3.63) is 28.0 Å². The zero-order valence-corrected chi connectivity index (χ0v) is 10.9. The van der Waals surface area contributed by atoms with E-state index in [2.05, 4.69) is 0 Å². The normalized spacial score (nSPS) is 11.6. The Hall–Kier alpha value is -0.520. The van der Waals surface area contributed by atoms with Crippen LogP contribution in [0.15, 0.2) is 6.07 Å². The molecule has 0 saturated heterocycles. The van der Waals surface area contributed by atoms with Gasteiger partial charge in [0.2, 0.25) is 9.05 Å². The summed E-state index contributed by atoms with van der Waals surface area (Å²) >= 11 is 5.61. The molecule has 0 amide bonds. The van der Waals surface area contributed by atoms with Crippen LogP contribution >= 0.6 is 22.3 Å². The van der Waals surface area contributed by atoms with Gasteiger partial charge in [0.05, 0.1) is 17.9 Å². The summed E-state index contributed by atoms with van der Waals surface area (Å²) in [4.78, 5) is 0. The first kappa shape index (κ1) is 13.5. The maximum atomic E-state index is 13.4. The van der Waals surface area contributed by atoms with Gasteiger partial charge in [-0.3, -0.25) is 0 Å². The van der Waals surface area contributed by atoms with Gasteiger partial charge in [0, 0.05) is 21.8 Å². The van der Waals surface area contributed by atoms with Gasteiger partial charge in [0.1, 0.15) is 11.6 Å². The molecule has 0 heterocycles.